The average Bonchev–Trinajstić information content (AvgIpc) is 2.46. The van der Waals surface area contributed by atoms with Crippen molar-refractivity contribution < 1.29 is 9.72 Å². The minimum atomic E-state index is -0.491. The van der Waals surface area contributed by atoms with Gasteiger partial charge in [-0.05, 0) is 17.7 Å². The van der Waals surface area contributed by atoms with Crippen LogP contribution in [0.3, 0.4) is 0 Å². The summed E-state index contributed by atoms with van der Waals surface area (Å²) >= 11 is 0. The van der Waals surface area contributed by atoms with Crippen LogP contribution in [0.25, 0.3) is 6.08 Å². The van der Waals surface area contributed by atoms with Gasteiger partial charge in [0, 0.05) is 30.6 Å². The van der Waals surface area contributed by atoms with Gasteiger partial charge >= 0.3 is 0 Å². The van der Waals surface area contributed by atoms with E-state index in [1.165, 1.54) is 36.7 Å². The third kappa shape index (κ3) is 3.70. The maximum atomic E-state index is 11.6. The van der Waals surface area contributed by atoms with E-state index in [4.69, 9.17) is 0 Å². The monoisotopic (exact) mass is 270 g/mol. The summed E-state index contributed by atoms with van der Waals surface area (Å²) in [5.74, 6) is -0.219. The number of amides is 1. The van der Waals surface area contributed by atoms with Crippen molar-refractivity contribution in [2.24, 2.45) is 0 Å². The number of aromatic nitrogens is 2. The molecule has 1 amide bonds. The minimum Gasteiger partial charge on any atom is -0.291 e. The van der Waals surface area contributed by atoms with Crippen LogP contribution < -0.4 is 5.32 Å². The number of nitro benzene ring substituents is 1. The van der Waals surface area contributed by atoms with Crippen molar-refractivity contribution in [3.05, 3.63) is 64.5 Å². The molecule has 0 aliphatic heterocycles. The van der Waals surface area contributed by atoms with Gasteiger partial charge in [0.15, 0.2) is 0 Å². The third-order valence-electron chi connectivity index (χ3n) is 2.31. The number of nitrogens with zero attached hydrogens (tertiary/aromatic N) is 3. The van der Waals surface area contributed by atoms with Crippen molar-refractivity contribution in [3.8, 4) is 0 Å². The number of carbonyl (C=O) groups excluding carboxylic acids is 1. The molecule has 0 aliphatic carbocycles. The first kappa shape index (κ1) is 13.3. The van der Waals surface area contributed by atoms with Gasteiger partial charge in [0.25, 0.3) is 11.6 Å². The van der Waals surface area contributed by atoms with E-state index in [1.54, 1.807) is 18.2 Å². The molecular formula is C13H10N4O3. The highest BCUT2D eigenvalue weighted by molar-refractivity contribution is 6.00. The molecule has 0 spiro atoms. The first-order valence-corrected chi connectivity index (χ1v) is 5.66. The zero-order valence-corrected chi connectivity index (χ0v) is 10.3. The van der Waals surface area contributed by atoms with Crippen LogP contribution in [0.15, 0.2) is 48.8 Å². The fourth-order valence-corrected chi connectivity index (χ4v) is 1.43. The van der Waals surface area contributed by atoms with Crippen molar-refractivity contribution in [3.63, 3.8) is 0 Å². The topological polar surface area (TPSA) is 98.0 Å². The highest BCUT2D eigenvalue weighted by Gasteiger charge is 2.04. The standard InChI is InChI=1S/C13H10N4O3/c18-12(16-13-14-7-2-8-15-13)6-5-10-3-1-4-11(9-10)17(19)20/h1-9H,(H,14,15,16,18). The van der Waals surface area contributed by atoms with E-state index in [0.717, 1.165) is 0 Å². The van der Waals surface area contributed by atoms with Crippen molar-refractivity contribution in [2.45, 2.75) is 0 Å². The smallest absolute Gasteiger partial charge is 0.270 e. The highest BCUT2D eigenvalue weighted by Crippen LogP contribution is 2.14. The lowest BCUT2D eigenvalue weighted by molar-refractivity contribution is -0.384. The Balaban J connectivity index is 2.04. The third-order valence-corrected chi connectivity index (χ3v) is 2.31. The zero-order chi connectivity index (χ0) is 14.4. The molecule has 2 rings (SSSR count). The van der Waals surface area contributed by atoms with Crippen LogP contribution in [-0.2, 0) is 4.79 Å². The zero-order valence-electron chi connectivity index (χ0n) is 10.3. The Morgan fingerprint density at radius 2 is 2.00 bits per heavy atom. The van der Waals surface area contributed by atoms with Gasteiger partial charge in [-0.2, -0.15) is 0 Å². The molecule has 0 aliphatic rings. The first-order chi connectivity index (χ1) is 9.65. The average molecular weight is 270 g/mol. The molecule has 1 N–H and O–H groups in total. The molecule has 0 saturated heterocycles. The summed E-state index contributed by atoms with van der Waals surface area (Å²) in [5, 5.41) is 13.1. The second-order valence-corrected chi connectivity index (χ2v) is 3.75. The van der Waals surface area contributed by atoms with E-state index in [9.17, 15) is 14.9 Å². The molecule has 0 saturated carbocycles. The van der Waals surface area contributed by atoms with Gasteiger partial charge in [0.05, 0.1) is 4.92 Å². The van der Waals surface area contributed by atoms with Gasteiger partial charge in [-0.25, -0.2) is 9.97 Å². The maximum absolute atomic E-state index is 11.6. The molecule has 1 aromatic carbocycles. The van der Waals surface area contributed by atoms with Crippen LogP contribution in [0.5, 0.6) is 0 Å². The maximum Gasteiger partial charge on any atom is 0.270 e. The predicted octanol–water partition coefficient (Wildman–Crippen LogP) is 2.04. The second kappa shape index (κ2) is 6.19. The Bertz CT molecular complexity index is 656. The molecule has 0 unspecified atom stereocenters. The number of nitro groups is 1. The van der Waals surface area contributed by atoms with Crippen LogP contribution in [0.2, 0.25) is 0 Å². The van der Waals surface area contributed by atoms with Crippen LogP contribution in [0, 0.1) is 10.1 Å². The summed E-state index contributed by atoms with van der Waals surface area (Å²) in [6.45, 7) is 0. The molecule has 1 aromatic heterocycles. The van der Waals surface area contributed by atoms with E-state index in [1.807, 2.05) is 0 Å². The van der Waals surface area contributed by atoms with Crippen LogP contribution in [0.4, 0.5) is 11.6 Å². The second-order valence-electron chi connectivity index (χ2n) is 3.75. The first-order valence-electron chi connectivity index (χ1n) is 5.66. The predicted molar refractivity (Wildman–Crippen MR) is 72.8 cm³/mol. The molecule has 0 bridgehead atoms. The van der Waals surface area contributed by atoms with Gasteiger partial charge in [-0.15, -0.1) is 0 Å². The Hall–Kier alpha value is -3.09. The minimum absolute atomic E-state index is 0.0287. The lowest BCUT2D eigenvalue weighted by atomic mass is 10.2. The summed E-state index contributed by atoms with van der Waals surface area (Å²) in [5.41, 5.74) is 0.530. The molecular weight excluding hydrogens is 260 g/mol. The number of rotatable bonds is 4. The SMILES string of the molecule is O=C(C=Cc1cccc([N+](=O)[O-])c1)Nc1ncccn1. The fourth-order valence-electron chi connectivity index (χ4n) is 1.43. The van der Waals surface area contributed by atoms with Gasteiger partial charge in [-0.1, -0.05) is 12.1 Å². The molecule has 0 atom stereocenters. The number of hydrogen-bond acceptors (Lipinski definition) is 5. The van der Waals surface area contributed by atoms with Crippen molar-refractivity contribution in [1.82, 2.24) is 9.97 Å². The Labute approximate surface area is 114 Å². The highest BCUT2D eigenvalue weighted by atomic mass is 16.6. The van der Waals surface area contributed by atoms with Gasteiger partial charge < -0.3 is 0 Å². The molecule has 7 heteroatoms. The number of anilines is 1. The van der Waals surface area contributed by atoms with E-state index >= 15 is 0 Å². The summed E-state index contributed by atoms with van der Waals surface area (Å²) < 4.78 is 0. The molecule has 20 heavy (non-hydrogen) atoms. The van der Waals surface area contributed by atoms with Crippen molar-refractivity contribution >= 4 is 23.6 Å². The van der Waals surface area contributed by atoms with E-state index in [-0.39, 0.29) is 11.6 Å². The van der Waals surface area contributed by atoms with E-state index < -0.39 is 10.8 Å². The van der Waals surface area contributed by atoms with Crippen LogP contribution in [-0.4, -0.2) is 20.8 Å². The Morgan fingerprint density at radius 3 is 2.70 bits per heavy atom. The summed E-state index contributed by atoms with van der Waals surface area (Å²) in [4.78, 5) is 29.4. The summed E-state index contributed by atoms with van der Waals surface area (Å²) in [6.07, 6.45) is 5.75. The molecule has 2 aromatic rings. The van der Waals surface area contributed by atoms with Gasteiger partial charge in [0.1, 0.15) is 0 Å². The number of hydrogen-bond donors (Lipinski definition) is 1. The van der Waals surface area contributed by atoms with Crippen LogP contribution >= 0.6 is 0 Å². The lowest BCUT2D eigenvalue weighted by Gasteiger charge is -1.98. The normalized spacial score (nSPS) is 10.4. The van der Waals surface area contributed by atoms with E-state index in [2.05, 4.69) is 15.3 Å². The number of non-ortho nitro benzene ring substituents is 1. The van der Waals surface area contributed by atoms with Crippen molar-refractivity contribution in [2.75, 3.05) is 5.32 Å². The molecule has 1 heterocycles. The molecule has 7 nitrogen and oxygen atoms in total. The number of benzene rings is 1. The van der Waals surface area contributed by atoms with Gasteiger partial charge in [0.2, 0.25) is 5.95 Å². The number of carbonyl (C=O) groups is 1. The Morgan fingerprint density at radius 1 is 1.25 bits per heavy atom. The molecule has 0 fully saturated rings. The number of nitrogens with one attached hydrogen (secondary N) is 1. The van der Waals surface area contributed by atoms with Crippen LogP contribution in [0.1, 0.15) is 5.56 Å². The Kier molecular flexibility index (Phi) is 4.13. The summed E-state index contributed by atoms with van der Waals surface area (Å²) in [6, 6.07) is 7.61. The van der Waals surface area contributed by atoms with Crippen molar-refractivity contribution in [1.29, 1.82) is 0 Å². The molecule has 100 valence electrons. The van der Waals surface area contributed by atoms with E-state index in [0.29, 0.717) is 5.56 Å². The quantitative estimate of drug-likeness (QED) is 0.520. The summed E-state index contributed by atoms with van der Waals surface area (Å²) in [7, 11) is 0. The fraction of sp³-hybridized carbons (Fsp3) is 0. The molecule has 0 radical (unpaired) electrons. The largest absolute Gasteiger partial charge is 0.291 e. The van der Waals surface area contributed by atoms with Gasteiger partial charge in [-0.3, -0.25) is 20.2 Å². The lowest BCUT2D eigenvalue weighted by Crippen LogP contribution is -2.10.